The van der Waals surface area contributed by atoms with E-state index in [4.69, 9.17) is 4.98 Å². The van der Waals surface area contributed by atoms with Crippen LogP contribution in [-0.4, -0.2) is 53.2 Å². The Morgan fingerprint density at radius 3 is 2.41 bits per heavy atom. The van der Waals surface area contributed by atoms with Crippen LogP contribution in [0.15, 0.2) is 35.4 Å². The molecule has 0 unspecified atom stereocenters. The molecular formula is C18H20N4O3S2. The van der Waals surface area contributed by atoms with Crippen molar-refractivity contribution in [2.24, 2.45) is 0 Å². The first kappa shape index (κ1) is 18.1. The van der Waals surface area contributed by atoms with Crippen LogP contribution in [0.25, 0.3) is 15.5 Å². The first-order valence-corrected chi connectivity index (χ1v) is 11.4. The number of carbonyl (C=O) groups is 1. The van der Waals surface area contributed by atoms with Gasteiger partial charge in [-0.15, -0.1) is 0 Å². The molecular weight excluding hydrogens is 384 g/mol. The molecule has 0 radical (unpaired) electrons. The zero-order chi connectivity index (χ0) is 19.2. The van der Waals surface area contributed by atoms with Gasteiger partial charge in [-0.1, -0.05) is 23.5 Å². The molecule has 9 heteroatoms. The monoisotopic (exact) mass is 404 g/mol. The van der Waals surface area contributed by atoms with Crippen LogP contribution in [0, 0.1) is 0 Å². The molecule has 4 rings (SSSR count). The number of fused-ring (bicyclic) bond motifs is 1. The van der Waals surface area contributed by atoms with Gasteiger partial charge in [0.05, 0.1) is 16.8 Å². The van der Waals surface area contributed by atoms with Crippen LogP contribution < -0.4 is 0 Å². The molecule has 1 fully saturated rings. The standard InChI is InChI=1S/C18H20N4O3S2/c1-12(23)21-9-7-13(8-10-21)16-11-22-18(19-16)26-17(20-22)14-3-5-15(6-4-14)27(2,24)25/h3-6,11,13H,7-10H2,1-2H3. The molecule has 142 valence electrons. The number of carbonyl (C=O) groups excluding carboxylic acids is 1. The normalized spacial score (nSPS) is 16.1. The number of aromatic nitrogens is 3. The summed E-state index contributed by atoms with van der Waals surface area (Å²) >= 11 is 1.48. The molecule has 1 aromatic carbocycles. The molecule has 0 aliphatic carbocycles. The van der Waals surface area contributed by atoms with E-state index in [0.717, 1.165) is 47.2 Å². The molecule has 0 saturated carbocycles. The molecule has 0 bridgehead atoms. The minimum absolute atomic E-state index is 0.132. The average Bonchev–Trinajstić information content (AvgIpc) is 3.20. The van der Waals surface area contributed by atoms with Gasteiger partial charge < -0.3 is 4.90 Å². The Labute approximate surface area is 161 Å². The van der Waals surface area contributed by atoms with E-state index in [-0.39, 0.29) is 5.91 Å². The summed E-state index contributed by atoms with van der Waals surface area (Å²) in [7, 11) is -3.20. The highest BCUT2D eigenvalue weighted by atomic mass is 32.2. The molecule has 7 nitrogen and oxygen atoms in total. The molecule has 1 aliphatic heterocycles. The molecule has 3 aromatic rings. The number of hydrogen-bond acceptors (Lipinski definition) is 6. The third kappa shape index (κ3) is 3.61. The number of piperidine rings is 1. The van der Waals surface area contributed by atoms with Crippen molar-refractivity contribution in [1.29, 1.82) is 0 Å². The number of benzene rings is 1. The summed E-state index contributed by atoms with van der Waals surface area (Å²) in [6, 6.07) is 6.74. The van der Waals surface area contributed by atoms with E-state index in [2.05, 4.69) is 5.10 Å². The summed E-state index contributed by atoms with van der Waals surface area (Å²) in [5.41, 5.74) is 1.89. The Bertz CT molecular complexity index is 1060. The van der Waals surface area contributed by atoms with Crippen LogP contribution in [0.2, 0.25) is 0 Å². The highest BCUT2D eigenvalue weighted by molar-refractivity contribution is 7.90. The van der Waals surface area contributed by atoms with Crippen molar-refractivity contribution in [2.75, 3.05) is 19.3 Å². The maximum atomic E-state index is 11.6. The summed E-state index contributed by atoms with van der Waals surface area (Å²) in [5, 5.41) is 5.39. The number of imidazole rings is 1. The molecule has 0 N–H and O–H groups in total. The second-order valence-electron chi connectivity index (χ2n) is 6.88. The predicted octanol–water partition coefficient (Wildman–Crippen LogP) is 2.59. The van der Waals surface area contributed by atoms with E-state index in [1.165, 1.54) is 17.6 Å². The molecule has 3 heterocycles. The van der Waals surface area contributed by atoms with Crippen molar-refractivity contribution in [2.45, 2.75) is 30.6 Å². The highest BCUT2D eigenvalue weighted by Gasteiger charge is 2.24. The van der Waals surface area contributed by atoms with Crippen molar-refractivity contribution in [3.8, 4) is 10.6 Å². The fraction of sp³-hybridized carbons (Fsp3) is 0.389. The van der Waals surface area contributed by atoms with Crippen LogP contribution in [0.4, 0.5) is 0 Å². The van der Waals surface area contributed by atoms with E-state index in [9.17, 15) is 13.2 Å². The number of hydrogen-bond donors (Lipinski definition) is 0. The summed E-state index contributed by atoms with van der Waals surface area (Å²) in [4.78, 5) is 19.2. The Morgan fingerprint density at radius 1 is 1.19 bits per heavy atom. The van der Waals surface area contributed by atoms with Crippen LogP contribution in [-0.2, 0) is 14.6 Å². The quantitative estimate of drug-likeness (QED) is 0.670. The predicted molar refractivity (Wildman–Crippen MR) is 104 cm³/mol. The van der Waals surface area contributed by atoms with Gasteiger partial charge in [0.1, 0.15) is 5.01 Å². The first-order valence-electron chi connectivity index (χ1n) is 8.73. The van der Waals surface area contributed by atoms with Gasteiger partial charge in [-0.3, -0.25) is 4.79 Å². The Balaban J connectivity index is 1.53. The molecule has 1 amide bonds. The molecule has 1 aliphatic rings. The topological polar surface area (TPSA) is 84.6 Å². The summed E-state index contributed by atoms with van der Waals surface area (Å²) < 4.78 is 24.9. The van der Waals surface area contributed by atoms with E-state index >= 15 is 0 Å². The summed E-state index contributed by atoms with van der Waals surface area (Å²) in [5.74, 6) is 0.486. The third-order valence-electron chi connectivity index (χ3n) is 4.95. The van der Waals surface area contributed by atoms with Gasteiger partial charge in [0.15, 0.2) is 9.84 Å². The van der Waals surface area contributed by atoms with Crippen molar-refractivity contribution in [3.63, 3.8) is 0 Å². The number of amides is 1. The van der Waals surface area contributed by atoms with Crippen molar-refractivity contribution < 1.29 is 13.2 Å². The third-order valence-corrected chi connectivity index (χ3v) is 7.05. The van der Waals surface area contributed by atoms with Crippen molar-refractivity contribution >= 4 is 32.0 Å². The average molecular weight is 405 g/mol. The van der Waals surface area contributed by atoms with Gasteiger partial charge in [-0.05, 0) is 25.0 Å². The fourth-order valence-electron chi connectivity index (χ4n) is 3.37. The summed E-state index contributed by atoms with van der Waals surface area (Å²) in [6.45, 7) is 3.16. The van der Waals surface area contributed by atoms with Crippen LogP contribution in [0.5, 0.6) is 0 Å². The van der Waals surface area contributed by atoms with E-state index in [0.29, 0.717) is 10.8 Å². The van der Waals surface area contributed by atoms with E-state index < -0.39 is 9.84 Å². The van der Waals surface area contributed by atoms with Crippen molar-refractivity contribution in [3.05, 3.63) is 36.2 Å². The largest absolute Gasteiger partial charge is 0.343 e. The van der Waals surface area contributed by atoms with E-state index in [1.807, 2.05) is 11.1 Å². The molecule has 27 heavy (non-hydrogen) atoms. The van der Waals surface area contributed by atoms with Gasteiger partial charge in [-0.2, -0.15) is 5.10 Å². The maximum absolute atomic E-state index is 11.6. The second kappa shape index (κ2) is 6.72. The number of sulfone groups is 1. The lowest BCUT2D eigenvalue weighted by atomic mass is 9.94. The molecule has 0 spiro atoms. The summed E-state index contributed by atoms with van der Waals surface area (Å²) in [6.07, 6.45) is 5.00. The number of likely N-dealkylation sites (tertiary alicyclic amines) is 1. The zero-order valence-corrected chi connectivity index (χ0v) is 16.8. The molecule has 2 aromatic heterocycles. The van der Waals surface area contributed by atoms with Gasteiger partial charge in [0, 0.05) is 37.8 Å². The lowest BCUT2D eigenvalue weighted by Crippen LogP contribution is -2.36. The first-order chi connectivity index (χ1) is 12.8. The Hall–Kier alpha value is -2.26. The lowest BCUT2D eigenvalue weighted by Gasteiger charge is -2.30. The molecule has 0 atom stereocenters. The smallest absolute Gasteiger partial charge is 0.219 e. The fourth-order valence-corrected chi connectivity index (χ4v) is 4.89. The SMILES string of the molecule is CC(=O)N1CCC(c2cn3nc(-c4ccc(S(C)(=O)=O)cc4)sc3n2)CC1. The van der Waals surface area contributed by atoms with Crippen LogP contribution in [0.1, 0.15) is 31.4 Å². The lowest BCUT2D eigenvalue weighted by molar-refractivity contribution is -0.129. The maximum Gasteiger partial charge on any atom is 0.219 e. The molecule has 1 saturated heterocycles. The second-order valence-corrected chi connectivity index (χ2v) is 9.85. The van der Waals surface area contributed by atoms with Crippen LogP contribution >= 0.6 is 11.3 Å². The van der Waals surface area contributed by atoms with Gasteiger partial charge >= 0.3 is 0 Å². The number of nitrogens with zero attached hydrogens (tertiary/aromatic N) is 4. The highest BCUT2D eigenvalue weighted by Crippen LogP contribution is 2.31. The number of rotatable bonds is 3. The Morgan fingerprint density at radius 2 is 1.85 bits per heavy atom. The zero-order valence-electron chi connectivity index (χ0n) is 15.1. The minimum Gasteiger partial charge on any atom is -0.343 e. The van der Waals surface area contributed by atoms with Gasteiger partial charge in [-0.25, -0.2) is 17.9 Å². The minimum atomic E-state index is -3.20. The van der Waals surface area contributed by atoms with E-state index in [1.54, 1.807) is 35.7 Å². The van der Waals surface area contributed by atoms with Gasteiger partial charge in [0.25, 0.3) is 0 Å². The van der Waals surface area contributed by atoms with Crippen LogP contribution in [0.3, 0.4) is 0 Å². The van der Waals surface area contributed by atoms with Gasteiger partial charge in [0.2, 0.25) is 10.9 Å². The van der Waals surface area contributed by atoms with Crippen molar-refractivity contribution in [1.82, 2.24) is 19.5 Å². The Kier molecular flexibility index (Phi) is 4.51.